The Bertz CT molecular complexity index is 1310. The number of hydrogen-bond acceptors (Lipinski definition) is 4. The Morgan fingerprint density at radius 3 is 1.86 bits per heavy atom. The number of carbonyl (C=O) groups excluding carboxylic acids is 2. The fourth-order valence-electron chi connectivity index (χ4n) is 4.29. The first-order valence-electron chi connectivity index (χ1n) is 11.4. The molecule has 0 spiro atoms. The van der Waals surface area contributed by atoms with E-state index in [-0.39, 0.29) is 11.1 Å². The zero-order chi connectivity index (χ0) is 25.9. The molecule has 0 radical (unpaired) electrons. The molecule has 0 fully saturated rings. The molecule has 0 aromatic heterocycles. The molecule has 0 saturated carbocycles. The Morgan fingerprint density at radius 1 is 0.829 bits per heavy atom. The fraction of sp³-hybridized carbons (Fsp3) is 0.207. The number of nitrogens with one attached hydrogen (secondary N) is 1. The van der Waals surface area contributed by atoms with Crippen molar-refractivity contribution in [2.45, 2.75) is 41.5 Å². The molecule has 0 atom stereocenters. The summed E-state index contributed by atoms with van der Waals surface area (Å²) < 4.78 is 0. The number of para-hydroxylation sites is 2. The smallest absolute Gasteiger partial charge is 0.338 e. The van der Waals surface area contributed by atoms with Crippen molar-refractivity contribution in [3.8, 4) is 0 Å². The fourth-order valence-corrected chi connectivity index (χ4v) is 4.29. The van der Waals surface area contributed by atoms with E-state index in [9.17, 15) is 19.5 Å². The molecular formula is C29H30N2O4. The highest BCUT2D eigenvalue weighted by Gasteiger charge is 2.30. The van der Waals surface area contributed by atoms with Crippen molar-refractivity contribution < 1.29 is 19.5 Å². The number of nitrogens with zero attached hydrogens (tertiary/aromatic N) is 1. The maximum atomic E-state index is 13.8. The molecule has 0 aliphatic rings. The highest BCUT2D eigenvalue weighted by Crippen LogP contribution is 2.34. The van der Waals surface area contributed by atoms with E-state index in [0.29, 0.717) is 16.9 Å². The van der Waals surface area contributed by atoms with Crippen LogP contribution in [0.2, 0.25) is 0 Å². The topological polar surface area (TPSA) is 86.7 Å². The van der Waals surface area contributed by atoms with Gasteiger partial charge >= 0.3 is 5.97 Å². The molecule has 3 aromatic carbocycles. The van der Waals surface area contributed by atoms with Crippen molar-refractivity contribution in [3.05, 3.63) is 93.6 Å². The Hall–Kier alpha value is -4.19. The molecule has 0 unspecified atom stereocenters. The molecule has 6 heteroatoms. The zero-order valence-corrected chi connectivity index (χ0v) is 20.9. The van der Waals surface area contributed by atoms with Crippen molar-refractivity contribution in [1.29, 1.82) is 0 Å². The predicted molar refractivity (Wildman–Crippen MR) is 141 cm³/mol. The SMILES string of the molecule is CC=Cc1ccc(C(=O)N(C(C)=O)c2c(C)cccc2C)c(C(=O)O)c1Nc1c(C)cccc1C. The van der Waals surface area contributed by atoms with E-state index in [1.54, 1.807) is 18.2 Å². The summed E-state index contributed by atoms with van der Waals surface area (Å²) in [6.07, 6.45) is 3.59. The van der Waals surface area contributed by atoms with Crippen molar-refractivity contribution in [3.63, 3.8) is 0 Å². The number of amides is 2. The maximum absolute atomic E-state index is 13.8. The Morgan fingerprint density at radius 2 is 1.37 bits per heavy atom. The van der Waals surface area contributed by atoms with E-state index >= 15 is 0 Å². The number of aryl methyl sites for hydroxylation is 4. The van der Waals surface area contributed by atoms with E-state index in [1.165, 1.54) is 13.0 Å². The number of carbonyl (C=O) groups is 3. The standard InChI is InChI=1S/C29H30N2O4/c1-7-10-22-15-16-23(28(33)31(21(6)32)27-19(4)13-9-14-20(27)5)24(29(34)35)26(22)30-25-17(2)11-8-12-18(25)3/h7-16,30H,1-6H3,(H,34,35). The molecular weight excluding hydrogens is 440 g/mol. The van der Waals surface area contributed by atoms with Gasteiger partial charge in [0.1, 0.15) is 0 Å². The Labute approximate surface area is 205 Å². The molecule has 3 rings (SSSR count). The van der Waals surface area contributed by atoms with Gasteiger partial charge in [-0.05, 0) is 68.5 Å². The number of carboxylic acid groups (broad SMARTS) is 1. The predicted octanol–water partition coefficient (Wildman–Crippen LogP) is 6.59. The van der Waals surface area contributed by atoms with E-state index in [0.717, 1.165) is 32.8 Å². The molecule has 6 nitrogen and oxygen atoms in total. The Kier molecular flexibility index (Phi) is 7.55. The van der Waals surface area contributed by atoms with Crippen LogP contribution in [0.3, 0.4) is 0 Å². The van der Waals surface area contributed by atoms with Crippen LogP contribution in [0.5, 0.6) is 0 Å². The van der Waals surface area contributed by atoms with Crippen LogP contribution in [-0.2, 0) is 4.79 Å². The van der Waals surface area contributed by atoms with E-state index in [2.05, 4.69) is 5.32 Å². The normalized spacial score (nSPS) is 10.9. The lowest BCUT2D eigenvalue weighted by atomic mass is 9.97. The van der Waals surface area contributed by atoms with Crippen LogP contribution in [0.15, 0.2) is 54.6 Å². The lowest BCUT2D eigenvalue weighted by Crippen LogP contribution is -2.37. The second kappa shape index (κ2) is 10.4. The first-order chi connectivity index (χ1) is 16.6. The summed E-state index contributed by atoms with van der Waals surface area (Å²) >= 11 is 0. The van der Waals surface area contributed by atoms with Gasteiger partial charge in [0.05, 0.1) is 22.5 Å². The lowest BCUT2D eigenvalue weighted by Gasteiger charge is -2.25. The number of rotatable bonds is 6. The van der Waals surface area contributed by atoms with Crippen LogP contribution in [0.1, 0.15) is 62.4 Å². The van der Waals surface area contributed by atoms with Gasteiger partial charge in [0, 0.05) is 12.6 Å². The minimum Gasteiger partial charge on any atom is -0.478 e. The quantitative estimate of drug-likeness (QED) is 0.424. The first-order valence-corrected chi connectivity index (χ1v) is 11.4. The summed E-state index contributed by atoms with van der Waals surface area (Å²) in [6.45, 7) is 10.6. The second-order valence-corrected chi connectivity index (χ2v) is 8.55. The van der Waals surface area contributed by atoms with Crippen LogP contribution >= 0.6 is 0 Å². The first kappa shape index (κ1) is 25.4. The van der Waals surface area contributed by atoms with E-state index in [1.807, 2.05) is 71.0 Å². The van der Waals surface area contributed by atoms with Gasteiger partial charge in [-0.3, -0.25) is 9.59 Å². The number of imide groups is 1. The number of aromatic carboxylic acids is 1. The molecule has 3 aromatic rings. The number of carboxylic acids is 1. The van der Waals surface area contributed by atoms with E-state index < -0.39 is 17.8 Å². The largest absolute Gasteiger partial charge is 0.478 e. The van der Waals surface area contributed by atoms with Crippen LogP contribution in [-0.4, -0.2) is 22.9 Å². The number of benzene rings is 3. The van der Waals surface area contributed by atoms with Gasteiger partial charge in [-0.15, -0.1) is 0 Å². The van der Waals surface area contributed by atoms with Gasteiger partial charge in [0.15, 0.2) is 0 Å². The maximum Gasteiger partial charge on any atom is 0.338 e. The summed E-state index contributed by atoms with van der Waals surface area (Å²) in [5.41, 5.74) is 5.23. The summed E-state index contributed by atoms with van der Waals surface area (Å²) in [4.78, 5) is 40.2. The van der Waals surface area contributed by atoms with Gasteiger partial charge in [0.25, 0.3) is 5.91 Å². The third-order valence-corrected chi connectivity index (χ3v) is 5.94. The molecule has 35 heavy (non-hydrogen) atoms. The third kappa shape index (κ3) is 5.01. The van der Waals surface area contributed by atoms with Gasteiger partial charge in [-0.2, -0.15) is 0 Å². The minimum atomic E-state index is -1.27. The van der Waals surface area contributed by atoms with Crippen LogP contribution < -0.4 is 10.2 Å². The zero-order valence-electron chi connectivity index (χ0n) is 20.9. The monoisotopic (exact) mass is 470 g/mol. The summed E-state index contributed by atoms with van der Waals surface area (Å²) in [5.74, 6) is -2.45. The van der Waals surface area contributed by atoms with Crippen molar-refractivity contribution in [2.24, 2.45) is 0 Å². The van der Waals surface area contributed by atoms with E-state index in [4.69, 9.17) is 0 Å². The second-order valence-electron chi connectivity index (χ2n) is 8.55. The van der Waals surface area contributed by atoms with Crippen LogP contribution in [0, 0.1) is 27.7 Å². The van der Waals surface area contributed by atoms with Gasteiger partial charge < -0.3 is 10.4 Å². The number of hydrogen-bond donors (Lipinski definition) is 2. The van der Waals surface area contributed by atoms with Gasteiger partial charge in [0.2, 0.25) is 5.91 Å². The minimum absolute atomic E-state index is 0.0719. The van der Waals surface area contributed by atoms with Crippen molar-refractivity contribution in [2.75, 3.05) is 10.2 Å². The number of anilines is 3. The van der Waals surface area contributed by atoms with Crippen molar-refractivity contribution in [1.82, 2.24) is 0 Å². The highest BCUT2D eigenvalue weighted by molar-refractivity contribution is 6.24. The molecule has 180 valence electrons. The molecule has 0 aliphatic heterocycles. The van der Waals surface area contributed by atoms with Crippen molar-refractivity contribution >= 4 is 40.9 Å². The summed E-state index contributed by atoms with van der Waals surface area (Å²) in [7, 11) is 0. The molecule has 0 aliphatic carbocycles. The third-order valence-electron chi connectivity index (χ3n) is 5.94. The number of allylic oxidation sites excluding steroid dienone is 1. The summed E-state index contributed by atoms with van der Waals surface area (Å²) in [5, 5.41) is 13.6. The average Bonchev–Trinajstić information content (AvgIpc) is 2.78. The van der Waals surface area contributed by atoms with Gasteiger partial charge in [-0.1, -0.05) is 54.6 Å². The summed E-state index contributed by atoms with van der Waals surface area (Å²) in [6, 6.07) is 14.4. The van der Waals surface area contributed by atoms with Crippen LogP contribution in [0.4, 0.5) is 17.1 Å². The molecule has 0 saturated heterocycles. The molecule has 2 N–H and O–H groups in total. The Balaban J connectivity index is 2.29. The lowest BCUT2D eigenvalue weighted by molar-refractivity contribution is -0.116. The van der Waals surface area contributed by atoms with Gasteiger partial charge in [-0.25, -0.2) is 9.69 Å². The highest BCUT2D eigenvalue weighted by atomic mass is 16.4. The van der Waals surface area contributed by atoms with Crippen LogP contribution in [0.25, 0.3) is 6.08 Å². The molecule has 0 heterocycles. The molecule has 0 bridgehead atoms. The average molecular weight is 471 g/mol. The molecule has 2 amide bonds.